The van der Waals surface area contributed by atoms with Crippen molar-refractivity contribution in [3.8, 4) is 0 Å². The Morgan fingerprint density at radius 1 is 0.765 bits per heavy atom. The molecular weight excluding hydrogens is 273 g/mol. The zero-order valence-corrected chi connectivity index (χ0v) is 11.7. The fraction of sp³-hybridized carbons (Fsp3) is 0.0769. The van der Waals surface area contributed by atoms with Crippen molar-refractivity contribution in [2.45, 2.75) is 4.90 Å². The van der Waals surface area contributed by atoms with Crippen LogP contribution < -0.4 is 5.32 Å². The molecular formula is C13H15Cl2NS. The van der Waals surface area contributed by atoms with Crippen LogP contribution in [0.5, 0.6) is 0 Å². The maximum atomic E-state index is 3.36. The molecule has 0 aliphatic heterocycles. The molecule has 0 amide bonds. The number of thioether (sulfide) groups is 1. The maximum Gasteiger partial charge on any atom is 0.0657 e. The van der Waals surface area contributed by atoms with Crippen LogP contribution in [0.25, 0.3) is 0 Å². The van der Waals surface area contributed by atoms with Gasteiger partial charge < -0.3 is 5.32 Å². The van der Waals surface area contributed by atoms with E-state index < -0.39 is 0 Å². The Morgan fingerprint density at radius 3 is 1.88 bits per heavy atom. The van der Waals surface area contributed by atoms with Gasteiger partial charge in [-0.05, 0) is 24.3 Å². The molecule has 2 aromatic carbocycles. The van der Waals surface area contributed by atoms with Crippen LogP contribution in [-0.4, -0.2) is 5.88 Å². The highest BCUT2D eigenvalue weighted by Crippen LogP contribution is 2.17. The summed E-state index contributed by atoms with van der Waals surface area (Å²) in [7, 11) is 0. The van der Waals surface area contributed by atoms with Crippen LogP contribution >= 0.6 is 36.6 Å². The number of nitrogens with one attached hydrogen (secondary N) is 1. The molecule has 92 valence electrons. The summed E-state index contributed by atoms with van der Waals surface area (Å²) in [6.07, 6.45) is 0. The van der Waals surface area contributed by atoms with Crippen molar-refractivity contribution in [2.24, 2.45) is 0 Å². The fourth-order valence-electron chi connectivity index (χ4n) is 1.28. The van der Waals surface area contributed by atoms with E-state index in [9.17, 15) is 0 Å². The van der Waals surface area contributed by atoms with E-state index >= 15 is 0 Å². The summed E-state index contributed by atoms with van der Waals surface area (Å²) in [6.45, 7) is 0. The zero-order valence-electron chi connectivity index (χ0n) is 9.21. The lowest BCUT2D eigenvalue weighted by atomic mass is 10.3. The van der Waals surface area contributed by atoms with Crippen molar-refractivity contribution < 1.29 is 0 Å². The van der Waals surface area contributed by atoms with Crippen LogP contribution in [0, 0.1) is 0 Å². The highest BCUT2D eigenvalue weighted by Gasteiger charge is 1.92. The molecule has 2 rings (SSSR count). The standard InChI is InChI=1S/C13H13NS.2ClH/c1-3-7-12(8-4-1)14-11-15-13-9-5-2-6-10-13;;/h1-10,14H,11H2;2*1H. The largest absolute Gasteiger partial charge is 0.376 e. The predicted octanol–water partition coefficient (Wildman–Crippen LogP) is 4.69. The van der Waals surface area contributed by atoms with Crippen molar-refractivity contribution in [3.63, 3.8) is 0 Å². The van der Waals surface area contributed by atoms with E-state index in [0.29, 0.717) is 0 Å². The third-order valence-corrected chi connectivity index (χ3v) is 2.93. The van der Waals surface area contributed by atoms with Crippen molar-refractivity contribution in [1.29, 1.82) is 0 Å². The van der Waals surface area contributed by atoms with Gasteiger partial charge >= 0.3 is 0 Å². The van der Waals surface area contributed by atoms with Gasteiger partial charge in [0.15, 0.2) is 0 Å². The lowest BCUT2D eigenvalue weighted by Crippen LogP contribution is -1.96. The molecule has 0 spiro atoms. The van der Waals surface area contributed by atoms with Crippen LogP contribution in [0.2, 0.25) is 0 Å². The minimum absolute atomic E-state index is 0. The molecule has 0 bridgehead atoms. The van der Waals surface area contributed by atoms with Crippen molar-refractivity contribution in [1.82, 2.24) is 0 Å². The Morgan fingerprint density at radius 2 is 1.29 bits per heavy atom. The van der Waals surface area contributed by atoms with E-state index in [-0.39, 0.29) is 24.8 Å². The third-order valence-electron chi connectivity index (χ3n) is 2.03. The monoisotopic (exact) mass is 287 g/mol. The van der Waals surface area contributed by atoms with E-state index in [2.05, 4.69) is 41.7 Å². The first-order chi connectivity index (χ1) is 7.45. The number of hydrogen-bond donors (Lipinski definition) is 1. The summed E-state index contributed by atoms with van der Waals surface area (Å²) in [5.41, 5.74) is 1.17. The fourth-order valence-corrected chi connectivity index (χ4v) is 2.03. The smallest absolute Gasteiger partial charge is 0.0657 e. The Kier molecular flexibility index (Phi) is 8.78. The molecule has 0 radical (unpaired) electrons. The summed E-state index contributed by atoms with van der Waals surface area (Å²) >= 11 is 1.80. The topological polar surface area (TPSA) is 12.0 Å². The van der Waals surface area contributed by atoms with E-state index in [1.165, 1.54) is 10.6 Å². The Hall–Kier alpha value is -0.830. The molecule has 0 aromatic heterocycles. The molecule has 4 heteroatoms. The van der Waals surface area contributed by atoms with Gasteiger partial charge in [0.05, 0.1) is 5.88 Å². The summed E-state index contributed by atoms with van der Waals surface area (Å²) in [4.78, 5) is 1.29. The van der Waals surface area contributed by atoms with Gasteiger partial charge in [0, 0.05) is 10.6 Å². The summed E-state index contributed by atoms with van der Waals surface area (Å²) in [5, 5.41) is 3.36. The lowest BCUT2D eigenvalue weighted by Gasteiger charge is -2.05. The third kappa shape index (κ3) is 5.87. The molecule has 0 saturated heterocycles. The SMILES string of the molecule is Cl.Cl.c1ccc(NCSc2ccccc2)cc1. The maximum absolute atomic E-state index is 3.36. The molecule has 2 aromatic rings. The van der Waals surface area contributed by atoms with Gasteiger partial charge in [-0.2, -0.15) is 0 Å². The Bertz CT molecular complexity index is 355. The average molecular weight is 288 g/mol. The van der Waals surface area contributed by atoms with Gasteiger partial charge in [-0.15, -0.1) is 36.6 Å². The molecule has 0 aliphatic carbocycles. The molecule has 0 saturated carbocycles. The number of para-hydroxylation sites is 1. The summed E-state index contributed by atoms with van der Waals surface area (Å²) in [6, 6.07) is 20.6. The highest BCUT2D eigenvalue weighted by atomic mass is 35.5. The van der Waals surface area contributed by atoms with Crippen LogP contribution in [-0.2, 0) is 0 Å². The second-order valence-electron chi connectivity index (χ2n) is 3.14. The second-order valence-corrected chi connectivity index (χ2v) is 4.19. The molecule has 1 N–H and O–H groups in total. The van der Waals surface area contributed by atoms with E-state index in [1.807, 2.05) is 24.3 Å². The van der Waals surface area contributed by atoms with Crippen LogP contribution in [0.3, 0.4) is 0 Å². The number of benzene rings is 2. The molecule has 17 heavy (non-hydrogen) atoms. The second kappa shape index (κ2) is 9.23. The first-order valence-corrected chi connectivity index (χ1v) is 5.90. The van der Waals surface area contributed by atoms with Gasteiger partial charge in [-0.3, -0.25) is 0 Å². The highest BCUT2D eigenvalue weighted by molar-refractivity contribution is 7.99. The number of hydrogen-bond acceptors (Lipinski definition) is 2. The van der Waals surface area contributed by atoms with Crippen LogP contribution in [0.1, 0.15) is 0 Å². The normalized spacial score (nSPS) is 8.71. The lowest BCUT2D eigenvalue weighted by molar-refractivity contribution is 1.41. The first kappa shape index (κ1) is 16.2. The number of halogens is 2. The van der Waals surface area contributed by atoms with E-state index in [4.69, 9.17) is 0 Å². The Balaban J connectivity index is 0.00000128. The molecule has 1 nitrogen and oxygen atoms in total. The van der Waals surface area contributed by atoms with Crippen LogP contribution in [0.4, 0.5) is 5.69 Å². The van der Waals surface area contributed by atoms with Gasteiger partial charge in [0.2, 0.25) is 0 Å². The number of rotatable bonds is 4. The minimum atomic E-state index is 0. The van der Waals surface area contributed by atoms with Crippen molar-refractivity contribution in [2.75, 3.05) is 11.2 Å². The molecule has 0 heterocycles. The van der Waals surface area contributed by atoms with E-state index in [1.54, 1.807) is 11.8 Å². The van der Waals surface area contributed by atoms with Crippen molar-refractivity contribution >= 4 is 42.3 Å². The van der Waals surface area contributed by atoms with E-state index in [0.717, 1.165) is 5.88 Å². The molecule has 0 unspecified atom stereocenters. The summed E-state index contributed by atoms with van der Waals surface area (Å²) in [5.74, 6) is 0.897. The first-order valence-electron chi connectivity index (χ1n) is 4.92. The minimum Gasteiger partial charge on any atom is -0.376 e. The molecule has 0 aliphatic rings. The van der Waals surface area contributed by atoms with Crippen molar-refractivity contribution in [3.05, 3.63) is 60.7 Å². The zero-order chi connectivity index (χ0) is 10.3. The van der Waals surface area contributed by atoms with Gasteiger partial charge in [-0.25, -0.2) is 0 Å². The quantitative estimate of drug-likeness (QED) is 0.647. The number of anilines is 1. The molecule has 0 atom stereocenters. The summed E-state index contributed by atoms with van der Waals surface area (Å²) < 4.78 is 0. The van der Waals surface area contributed by atoms with Gasteiger partial charge in [-0.1, -0.05) is 36.4 Å². The van der Waals surface area contributed by atoms with Gasteiger partial charge in [0.25, 0.3) is 0 Å². The average Bonchev–Trinajstić information content (AvgIpc) is 2.32. The molecule has 0 fully saturated rings. The van der Waals surface area contributed by atoms with Crippen LogP contribution in [0.15, 0.2) is 65.6 Å². The predicted molar refractivity (Wildman–Crippen MR) is 81.7 cm³/mol. The van der Waals surface area contributed by atoms with Gasteiger partial charge in [0.1, 0.15) is 0 Å². The Labute approximate surface area is 119 Å².